The smallest absolute Gasteiger partial charge is 0.203 e. The molecule has 0 radical (unpaired) electrons. The van der Waals surface area contributed by atoms with Crippen LogP contribution in [0.2, 0.25) is 0 Å². The highest BCUT2D eigenvalue weighted by Crippen LogP contribution is 2.42. The SMILES string of the molecule is COc1ccc([C@H](O)C[NH+]2CCc3cc(OC)c(OC)cc3[C@@H]2c2cc(OC)c(OC)c(OC)c2)cc1. The van der Waals surface area contributed by atoms with Gasteiger partial charge in [-0.25, -0.2) is 0 Å². The summed E-state index contributed by atoms with van der Waals surface area (Å²) in [5.41, 5.74) is 4.11. The first-order valence-electron chi connectivity index (χ1n) is 12.2. The molecule has 0 spiro atoms. The topological polar surface area (TPSA) is 80.1 Å². The van der Waals surface area contributed by atoms with Crippen molar-refractivity contribution < 1.29 is 38.4 Å². The number of quaternary nitrogens is 1. The third kappa shape index (κ3) is 5.26. The number of hydrogen-bond acceptors (Lipinski definition) is 7. The van der Waals surface area contributed by atoms with Gasteiger partial charge in [-0.2, -0.15) is 0 Å². The minimum atomic E-state index is -0.660. The van der Waals surface area contributed by atoms with Crippen molar-refractivity contribution in [2.75, 3.05) is 55.7 Å². The Labute approximate surface area is 218 Å². The number of ether oxygens (including phenoxy) is 6. The second-order valence-corrected chi connectivity index (χ2v) is 8.95. The van der Waals surface area contributed by atoms with Gasteiger partial charge >= 0.3 is 0 Å². The molecular formula is C29H36NO7+. The van der Waals surface area contributed by atoms with Crippen LogP contribution in [0, 0.1) is 0 Å². The van der Waals surface area contributed by atoms with E-state index in [2.05, 4.69) is 6.07 Å². The molecule has 37 heavy (non-hydrogen) atoms. The van der Waals surface area contributed by atoms with Crippen molar-refractivity contribution >= 4 is 0 Å². The van der Waals surface area contributed by atoms with Gasteiger partial charge in [-0.3, -0.25) is 0 Å². The van der Waals surface area contributed by atoms with Crippen molar-refractivity contribution in [1.29, 1.82) is 0 Å². The first kappa shape index (κ1) is 26.4. The summed E-state index contributed by atoms with van der Waals surface area (Å²) in [4.78, 5) is 1.21. The van der Waals surface area contributed by atoms with Crippen molar-refractivity contribution in [1.82, 2.24) is 0 Å². The molecule has 0 aliphatic carbocycles. The normalized spacial score (nSPS) is 17.4. The average molecular weight is 511 g/mol. The number of aliphatic hydroxyl groups excluding tert-OH is 1. The highest BCUT2D eigenvalue weighted by molar-refractivity contribution is 5.57. The van der Waals surface area contributed by atoms with E-state index in [1.54, 1.807) is 42.7 Å². The molecule has 4 rings (SSSR count). The minimum absolute atomic E-state index is 0.120. The van der Waals surface area contributed by atoms with E-state index in [4.69, 9.17) is 28.4 Å². The molecule has 3 atom stereocenters. The van der Waals surface area contributed by atoms with Gasteiger partial charge < -0.3 is 38.4 Å². The van der Waals surface area contributed by atoms with Crippen molar-refractivity contribution in [3.8, 4) is 34.5 Å². The van der Waals surface area contributed by atoms with E-state index >= 15 is 0 Å². The predicted molar refractivity (Wildman–Crippen MR) is 140 cm³/mol. The second-order valence-electron chi connectivity index (χ2n) is 8.95. The predicted octanol–water partition coefficient (Wildman–Crippen LogP) is 3.00. The van der Waals surface area contributed by atoms with Crippen LogP contribution < -0.4 is 33.3 Å². The maximum absolute atomic E-state index is 11.2. The number of hydrogen-bond donors (Lipinski definition) is 2. The maximum Gasteiger partial charge on any atom is 0.203 e. The van der Waals surface area contributed by atoms with Gasteiger partial charge in [0.2, 0.25) is 5.75 Å². The highest BCUT2D eigenvalue weighted by Gasteiger charge is 2.36. The molecule has 2 N–H and O–H groups in total. The molecule has 1 aliphatic heterocycles. The third-order valence-electron chi connectivity index (χ3n) is 7.06. The Hall–Kier alpha value is -3.62. The van der Waals surface area contributed by atoms with Crippen LogP contribution >= 0.6 is 0 Å². The highest BCUT2D eigenvalue weighted by atomic mass is 16.5. The van der Waals surface area contributed by atoms with Crippen LogP contribution in [0.25, 0.3) is 0 Å². The summed E-state index contributed by atoms with van der Waals surface area (Å²) in [6.07, 6.45) is 0.175. The Bertz CT molecular complexity index is 1190. The molecule has 3 aromatic rings. The summed E-state index contributed by atoms with van der Waals surface area (Å²) in [5, 5.41) is 11.2. The van der Waals surface area contributed by atoms with Crippen LogP contribution in [0.5, 0.6) is 34.5 Å². The molecule has 0 amide bonds. The number of aliphatic hydroxyl groups is 1. The molecule has 8 nitrogen and oxygen atoms in total. The summed E-state index contributed by atoms with van der Waals surface area (Å²) in [6.45, 7) is 1.32. The summed E-state index contributed by atoms with van der Waals surface area (Å²) >= 11 is 0. The Balaban J connectivity index is 1.81. The lowest BCUT2D eigenvalue weighted by Gasteiger charge is -2.36. The fourth-order valence-corrected chi connectivity index (χ4v) is 5.18. The second kappa shape index (κ2) is 11.6. The Morgan fingerprint density at radius 3 is 1.89 bits per heavy atom. The molecule has 0 aromatic heterocycles. The monoisotopic (exact) mass is 510 g/mol. The number of methoxy groups -OCH3 is 6. The van der Waals surface area contributed by atoms with E-state index in [-0.39, 0.29) is 6.04 Å². The zero-order valence-corrected chi connectivity index (χ0v) is 22.3. The lowest BCUT2D eigenvalue weighted by atomic mass is 9.87. The molecule has 3 aromatic carbocycles. The number of benzene rings is 3. The molecule has 198 valence electrons. The third-order valence-corrected chi connectivity index (χ3v) is 7.06. The molecular weight excluding hydrogens is 474 g/mol. The quantitative estimate of drug-likeness (QED) is 0.434. The van der Waals surface area contributed by atoms with Gasteiger partial charge in [0.25, 0.3) is 0 Å². The molecule has 0 bridgehead atoms. The zero-order valence-electron chi connectivity index (χ0n) is 22.3. The molecule has 0 saturated carbocycles. The lowest BCUT2D eigenvalue weighted by molar-refractivity contribution is -0.931. The van der Waals surface area contributed by atoms with Gasteiger partial charge in [-0.15, -0.1) is 0 Å². The molecule has 0 saturated heterocycles. The largest absolute Gasteiger partial charge is 0.497 e. The fraction of sp³-hybridized carbons (Fsp3) is 0.379. The first-order chi connectivity index (χ1) is 18.0. The summed E-state index contributed by atoms with van der Waals surface area (Å²) in [7, 11) is 9.73. The van der Waals surface area contributed by atoms with E-state index in [0.29, 0.717) is 35.3 Å². The van der Waals surface area contributed by atoms with Crippen molar-refractivity contribution in [3.05, 3.63) is 70.8 Å². The average Bonchev–Trinajstić information content (AvgIpc) is 2.95. The van der Waals surface area contributed by atoms with Crippen molar-refractivity contribution in [2.24, 2.45) is 0 Å². The van der Waals surface area contributed by atoms with Gasteiger partial charge in [0.1, 0.15) is 24.4 Å². The number of rotatable bonds is 10. The van der Waals surface area contributed by atoms with Crippen LogP contribution in [0.3, 0.4) is 0 Å². The van der Waals surface area contributed by atoms with E-state index in [9.17, 15) is 5.11 Å². The Kier molecular flexibility index (Phi) is 8.31. The summed E-state index contributed by atoms with van der Waals surface area (Å²) in [6, 6.07) is 15.5. The van der Waals surface area contributed by atoms with E-state index < -0.39 is 6.10 Å². The van der Waals surface area contributed by atoms with Crippen LogP contribution in [0.4, 0.5) is 0 Å². The van der Waals surface area contributed by atoms with Crippen molar-refractivity contribution in [3.63, 3.8) is 0 Å². The maximum atomic E-state index is 11.2. The van der Waals surface area contributed by atoms with Crippen LogP contribution in [0.1, 0.15) is 34.4 Å². The van der Waals surface area contributed by atoms with E-state index in [1.807, 2.05) is 42.5 Å². The molecule has 1 heterocycles. The number of fused-ring (bicyclic) bond motifs is 1. The van der Waals surface area contributed by atoms with E-state index in [0.717, 1.165) is 35.4 Å². The Morgan fingerprint density at radius 2 is 1.35 bits per heavy atom. The lowest BCUT2D eigenvalue weighted by Crippen LogP contribution is -3.14. The van der Waals surface area contributed by atoms with Gasteiger partial charge in [0.15, 0.2) is 23.0 Å². The first-order valence-corrected chi connectivity index (χ1v) is 12.2. The van der Waals surface area contributed by atoms with Crippen LogP contribution in [0.15, 0.2) is 48.5 Å². The minimum Gasteiger partial charge on any atom is -0.497 e. The van der Waals surface area contributed by atoms with Crippen LogP contribution in [-0.2, 0) is 6.42 Å². The summed E-state index contributed by atoms with van der Waals surface area (Å²) in [5.74, 6) is 3.82. The van der Waals surface area contributed by atoms with E-state index in [1.165, 1.54) is 10.5 Å². The Morgan fingerprint density at radius 1 is 0.757 bits per heavy atom. The molecule has 1 unspecified atom stereocenters. The van der Waals surface area contributed by atoms with Crippen LogP contribution in [-0.4, -0.2) is 60.9 Å². The van der Waals surface area contributed by atoms with Gasteiger partial charge in [0.05, 0.1) is 49.2 Å². The van der Waals surface area contributed by atoms with Gasteiger partial charge in [0, 0.05) is 17.5 Å². The fourth-order valence-electron chi connectivity index (χ4n) is 5.18. The summed E-state index contributed by atoms with van der Waals surface area (Å²) < 4.78 is 33.4. The molecule has 8 heteroatoms. The molecule has 1 aliphatic rings. The zero-order chi connectivity index (χ0) is 26.5. The number of nitrogens with one attached hydrogen (secondary N) is 1. The standard InChI is InChI=1S/C29H35NO7/c1-32-21-9-7-18(8-10-21)23(31)17-30-12-11-19-13-24(33-2)25(34-3)16-22(19)28(30)20-14-26(35-4)29(37-6)27(15-20)36-5/h7-10,13-16,23,28,31H,11-12,17H2,1-6H3/p+1/t23-,28+/m1/s1. The van der Waals surface area contributed by atoms with Gasteiger partial charge in [-0.05, 0) is 47.5 Å². The van der Waals surface area contributed by atoms with Gasteiger partial charge in [-0.1, -0.05) is 12.1 Å². The van der Waals surface area contributed by atoms with Crippen molar-refractivity contribution in [2.45, 2.75) is 18.6 Å². The molecule has 0 fully saturated rings.